The largest absolute Gasteiger partial charge is 0.508 e. The van der Waals surface area contributed by atoms with Gasteiger partial charge in [0, 0.05) is 5.56 Å². The first-order valence-electron chi connectivity index (χ1n) is 4.28. The summed E-state index contributed by atoms with van der Waals surface area (Å²) < 4.78 is 17.1. The Morgan fingerprint density at radius 2 is 2.27 bits per heavy atom. The summed E-state index contributed by atoms with van der Waals surface area (Å²) in [6, 6.07) is 3.15. The highest BCUT2D eigenvalue weighted by Crippen LogP contribution is 2.27. The number of ether oxygens (including phenoxy) is 1. The van der Waals surface area contributed by atoms with E-state index in [1.54, 1.807) is 0 Å². The van der Waals surface area contributed by atoms with E-state index in [0.29, 0.717) is 0 Å². The fraction of sp³-hybridized carbons (Fsp3) is 0.300. The van der Waals surface area contributed by atoms with Crippen LogP contribution in [0.1, 0.15) is 18.1 Å². The molecular weight excluding hydrogens is 203 g/mol. The lowest BCUT2D eigenvalue weighted by molar-refractivity contribution is -0.142. The molecule has 0 fully saturated rings. The van der Waals surface area contributed by atoms with E-state index in [1.165, 1.54) is 7.11 Å². The van der Waals surface area contributed by atoms with Gasteiger partial charge in [-0.2, -0.15) is 0 Å². The van der Waals surface area contributed by atoms with Crippen LogP contribution in [0.25, 0.3) is 0 Å². The van der Waals surface area contributed by atoms with Crippen molar-refractivity contribution in [2.24, 2.45) is 0 Å². The van der Waals surface area contributed by atoms with E-state index in [9.17, 15) is 19.4 Å². The number of aromatic hydroxyl groups is 1. The highest BCUT2D eigenvalue weighted by molar-refractivity contribution is 5.70. The van der Waals surface area contributed by atoms with Gasteiger partial charge >= 0.3 is 5.97 Å². The van der Waals surface area contributed by atoms with Crippen LogP contribution in [0.2, 0.25) is 0 Å². The minimum atomic E-state index is -1.27. The molecule has 0 aliphatic rings. The molecule has 0 saturated heterocycles. The van der Waals surface area contributed by atoms with E-state index in [-0.39, 0.29) is 17.7 Å². The molecule has 0 amide bonds. The highest BCUT2D eigenvalue weighted by atomic mass is 19.1. The normalized spacial score (nSPS) is 12.2. The van der Waals surface area contributed by atoms with Crippen LogP contribution in [0, 0.1) is 5.82 Å². The van der Waals surface area contributed by atoms with E-state index in [4.69, 9.17) is 0 Å². The number of phenolic OH excluding ortho intramolecular Hbond substituents is 1. The zero-order valence-corrected chi connectivity index (χ0v) is 8.11. The van der Waals surface area contributed by atoms with Crippen molar-refractivity contribution in [2.75, 3.05) is 7.11 Å². The SMILES string of the molecule is COC(=O)CC(O)c1cc(F)ccc1O. The summed E-state index contributed by atoms with van der Waals surface area (Å²) in [5.41, 5.74) is -0.0274. The molecule has 0 spiro atoms. The van der Waals surface area contributed by atoms with Crippen molar-refractivity contribution in [1.82, 2.24) is 0 Å². The second kappa shape index (κ2) is 4.75. The Morgan fingerprint density at radius 3 is 2.87 bits per heavy atom. The number of halogens is 1. The molecule has 5 heteroatoms. The van der Waals surface area contributed by atoms with Gasteiger partial charge in [0.25, 0.3) is 0 Å². The van der Waals surface area contributed by atoms with Gasteiger partial charge in [0.2, 0.25) is 0 Å². The summed E-state index contributed by atoms with van der Waals surface area (Å²) in [5, 5.41) is 18.8. The highest BCUT2D eigenvalue weighted by Gasteiger charge is 2.17. The Hall–Kier alpha value is -1.62. The maximum absolute atomic E-state index is 12.8. The summed E-state index contributed by atoms with van der Waals surface area (Å²) >= 11 is 0. The van der Waals surface area contributed by atoms with Gasteiger partial charge in [-0.15, -0.1) is 0 Å². The predicted octanol–water partition coefficient (Wildman–Crippen LogP) is 1.13. The van der Waals surface area contributed by atoms with Crippen LogP contribution in [0.4, 0.5) is 4.39 Å². The zero-order chi connectivity index (χ0) is 11.4. The molecule has 15 heavy (non-hydrogen) atoms. The third-order valence-corrected chi connectivity index (χ3v) is 1.94. The average Bonchev–Trinajstić information content (AvgIpc) is 2.21. The van der Waals surface area contributed by atoms with Crippen molar-refractivity contribution in [1.29, 1.82) is 0 Å². The third kappa shape index (κ3) is 2.92. The van der Waals surface area contributed by atoms with Crippen LogP contribution in [-0.2, 0) is 9.53 Å². The van der Waals surface area contributed by atoms with E-state index in [0.717, 1.165) is 18.2 Å². The van der Waals surface area contributed by atoms with E-state index < -0.39 is 17.9 Å². The number of benzene rings is 1. The van der Waals surface area contributed by atoms with Gasteiger partial charge in [-0.05, 0) is 18.2 Å². The lowest BCUT2D eigenvalue weighted by Gasteiger charge is -2.11. The fourth-order valence-corrected chi connectivity index (χ4v) is 1.14. The number of methoxy groups -OCH3 is 1. The van der Waals surface area contributed by atoms with Gasteiger partial charge < -0.3 is 14.9 Å². The molecule has 1 aromatic carbocycles. The summed E-state index contributed by atoms with van der Waals surface area (Å²) in [4.78, 5) is 10.8. The molecule has 1 rings (SSSR count). The molecule has 2 N–H and O–H groups in total. The molecule has 0 aromatic heterocycles. The number of hydrogen-bond acceptors (Lipinski definition) is 4. The average molecular weight is 214 g/mol. The van der Waals surface area contributed by atoms with Crippen molar-refractivity contribution in [3.63, 3.8) is 0 Å². The minimum absolute atomic E-state index is 0.0274. The molecule has 0 radical (unpaired) electrons. The number of carbonyl (C=O) groups is 1. The van der Waals surface area contributed by atoms with Crippen molar-refractivity contribution >= 4 is 5.97 Å². The summed E-state index contributed by atoms with van der Waals surface area (Å²) in [6.07, 6.45) is -1.60. The molecule has 1 unspecified atom stereocenters. The Bertz CT molecular complexity index is 364. The first kappa shape index (κ1) is 11.5. The van der Waals surface area contributed by atoms with Gasteiger partial charge in [-0.3, -0.25) is 4.79 Å². The van der Waals surface area contributed by atoms with Gasteiger partial charge in [0.1, 0.15) is 11.6 Å². The number of esters is 1. The molecule has 1 aromatic rings. The molecule has 82 valence electrons. The molecule has 0 aliphatic heterocycles. The predicted molar refractivity (Wildman–Crippen MR) is 49.7 cm³/mol. The third-order valence-electron chi connectivity index (χ3n) is 1.94. The number of hydrogen-bond donors (Lipinski definition) is 2. The lowest BCUT2D eigenvalue weighted by Crippen LogP contribution is -2.08. The second-order valence-electron chi connectivity index (χ2n) is 3.00. The van der Waals surface area contributed by atoms with Crippen LogP contribution >= 0.6 is 0 Å². The first-order valence-corrected chi connectivity index (χ1v) is 4.28. The van der Waals surface area contributed by atoms with Crippen molar-refractivity contribution in [3.05, 3.63) is 29.6 Å². The molecule has 1 atom stereocenters. The standard InChI is InChI=1S/C10H11FO4/c1-15-10(14)5-9(13)7-4-6(11)2-3-8(7)12/h2-4,9,12-13H,5H2,1H3. The van der Waals surface area contributed by atoms with Gasteiger partial charge in [-0.1, -0.05) is 0 Å². The number of carbonyl (C=O) groups excluding carboxylic acids is 1. The van der Waals surface area contributed by atoms with Crippen LogP contribution in [-0.4, -0.2) is 23.3 Å². The number of aliphatic hydroxyl groups excluding tert-OH is 1. The maximum Gasteiger partial charge on any atom is 0.308 e. The van der Waals surface area contributed by atoms with Gasteiger partial charge in [0.05, 0.1) is 19.6 Å². The summed E-state index contributed by atoms with van der Waals surface area (Å²) in [5.74, 6) is -1.48. The van der Waals surface area contributed by atoms with Crippen molar-refractivity contribution < 1.29 is 24.1 Å². The van der Waals surface area contributed by atoms with Crippen molar-refractivity contribution in [3.8, 4) is 5.75 Å². The molecule has 0 heterocycles. The Morgan fingerprint density at radius 1 is 1.60 bits per heavy atom. The second-order valence-corrected chi connectivity index (χ2v) is 3.00. The topological polar surface area (TPSA) is 66.8 Å². The number of rotatable bonds is 3. The maximum atomic E-state index is 12.8. The smallest absolute Gasteiger partial charge is 0.308 e. The van der Waals surface area contributed by atoms with Crippen LogP contribution in [0.3, 0.4) is 0 Å². The number of aliphatic hydroxyl groups is 1. The molecule has 0 bridgehead atoms. The molecule has 0 saturated carbocycles. The van der Waals surface area contributed by atoms with E-state index in [1.807, 2.05) is 0 Å². The minimum Gasteiger partial charge on any atom is -0.508 e. The zero-order valence-electron chi connectivity index (χ0n) is 8.11. The van der Waals surface area contributed by atoms with Crippen LogP contribution in [0.15, 0.2) is 18.2 Å². The summed E-state index contributed by atoms with van der Waals surface area (Å²) in [6.45, 7) is 0. The lowest BCUT2D eigenvalue weighted by atomic mass is 10.1. The quantitative estimate of drug-likeness (QED) is 0.740. The van der Waals surface area contributed by atoms with Crippen LogP contribution < -0.4 is 0 Å². The Kier molecular flexibility index (Phi) is 3.62. The molecule has 0 aliphatic carbocycles. The van der Waals surface area contributed by atoms with Crippen LogP contribution in [0.5, 0.6) is 5.75 Å². The van der Waals surface area contributed by atoms with E-state index in [2.05, 4.69) is 4.74 Å². The van der Waals surface area contributed by atoms with E-state index >= 15 is 0 Å². The van der Waals surface area contributed by atoms with Gasteiger partial charge in [0.15, 0.2) is 0 Å². The molecular formula is C10H11FO4. The summed E-state index contributed by atoms with van der Waals surface area (Å²) in [7, 11) is 1.18. The molecule has 4 nitrogen and oxygen atoms in total. The Balaban J connectivity index is 2.85. The van der Waals surface area contributed by atoms with Gasteiger partial charge in [-0.25, -0.2) is 4.39 Å². The monoisotopic (exact) mass is 214 g/mol. The first-order chi connectivity index (χ1) is 7.04. The Labute approximate surface area is 85.9 Å². The fourth-order valence-electron chi connectivity index (χ4n) is 1.14. The van der Waals surface area contributed by atoms with Crippen molar-refractivity contribution in [2.45, 2.75) is 12.5 Å². The number of phenols is 1.